The Morgan fingerprint density at radius 1 is 1.17 bits per heavy atom. The van der Waals surface area contributed by atoms with Gasteiger partial charge in [0.15, 0.2) is 6.61 Å². The minimum absolute atomic E-state index is 0.0895. The van der Waals surface area contributed by atoms with E-state index in [9.17, 15) is 14.0 Å². The third kappa shape index (κ3) is 4.40. The third-order valence-corrected chi connectivity index (χ3v) is 5.38. The van der Waals surface area contributed by atoms with Crippen molar-refractivity contribution in [1.29, 1.82) is 0 Å². The quantitative estimate of drug-likeness (QED) is 0.842. The van der Waals surface area contributed by atoms with Gasteiger partial charge in [0, 0.05) is 38.3 Å². The number of hydrogen-bond acceptors (Lipinski definition) is 4. The monoisotopic (exact) mass is 397 g/mol. The fraction of sp³-hybridized carbons (Fsp3) is 0.364. The van der Waals surface area contributed by atoms with Crippen molar-refractivity contribution in [3.8, 4) is 5.75 Å². The van der Waals surface area contributed by atoms with Gasteiger partial charge in [-0.2, -0.15) is 0 Å². The minimum Gasteiger partial charge on any atom is -0.484 e. The van der Waals surface area contributed by atoms with Crippen LogP contribution >= 0.6 is 0 Å². The normalized spacial score (nSPS) is 19.5. The Balaban J connectivity index is 1.38. The molecule has 0 bridgehead atoms. The summed E-state index contributed by atoms with van der Waals surface area (Å²) >= 11 is 0. The second kappa shape index (κ2) is 8.61. The van der Waals surface area contributed by atoms with Gasteiger partial charge in [0.2, 0.25) is 5.91 Å². The predicted octanol–water partition coefficient (Wildman–Crippen LogP) is 2.50. The summed E-state index contributed by atoms with van der Waals surface area (Å²) in [4.78, 5) is 28.1. The minimum atomic E-state index is -0.312. The lowest BCUT2D eigenvalue weighted by atomic mass is 10.0. The Morgan fingerprint density at radius 3 is 2.72 bits per heavy atom. The standard InChI is InChI=1S/C22H24FN3O3/c23-17-4-1-3-16(13-17)20-14-24-10-12-26(20)22(28)15-29-19-8-6-18(7-9-19)25-11-2-5-21(25)27/h1,3-4,6-9,13,20,24H,2,5,10-12,14-15H2. The Bertz CT molecular complexity index is 887. The molecule has 2 amide bonds. The molecule has 2 saturated heterocycles. The molecule has 0 radical (unpaired) electrons. The summed E-state index contributed by atoms with van der Waals surface area (Å²) in [5.74, 6) is 0.259. The van der Waals surface area contributed by atoms with Gasteiger partial charge in [0.25, 0.3) is 5.91 Å². The van der Waals surface area contributed by atoms with E-state index < -0.39 is 0 Å². The van der Waals surface area contributed by atoms with E-state index in [-0.39, 0.29) is 30.3 Å². The van der Waals surface area contributed by atoms with Gasteiger partial charge < -0.3 is 19.9 Å². The van der Waals surface area contributed by atoms with Gasteiger partial charge in [-0.05, 0) is 48.4 Å². The largest absolute Gasteiger partial charge is 0.484 e. The van der Waals surface area contributed by atoms with Crippen molar-refractivity contribution in [2.45, 2.75) is 18.9 Å². The molecule has 0 aromatic heterocycles. The Labute approximate surface area is 169 Å². The van der Waals surface area contributed by atoms with Crippen molar-refractivity contribution in [2.75, 3.05) is 37.7 Å². The van der Waals surface area contributed by atoms with E-state index >= 15 is 0 Å². The summed E-state index contributed by atoms with van der Waals surface area (Å²) in [5.41, 5.74) is 1.62. The molecule has 7 heteroatoms. The average Bonchev–Trinajstić information content (AvgIpc) is 3.18. The van der Waals surface area contributed by atoms with Gasteiger partial charge >= 0.3 is 0 Å². The van der Waals surface area contributed by atoms with Gasteiger partial charge in [0.1, 0.15) is 11.6 Å². The second-order valence-corrected chi connectivity index (χ2v) is 7.29. The molecular formula is C22H24FN3O3. The first-order chi connectivity index (χ1) is 14.1. The first-order valence-electron chi connectivity index (χ1n) is 9.91. The molecule has 2 fully saturated rings. The number of carbonyl (C=O) groups excluding carboxylic acids is 2. The molecule has 2 heterocycles. The average molecular weight is 397 g/mol. The summed E-state index contributed by atoms with van der Waals surface area (Å²) in [7, 11) is 0. The molecular weight excluding hydrogens is 373 g/mol. The summed E-state index contributed by atoms with van der Waals surface area (Å²) < 4.78 is 19.3. The fourth-order valence-corrected chi connectivity index (χ4v) is 3.89. The number of amides is 2. The van der Waals surface area contributed by atoms with Crippen LogP contribution in [-0.4, -0.2) is 49.5 Å². The van der Waals surface area contributed by atoms with Crippen molar-refractivity contribution < 1.29 is 18.7 Å². The van der Waals surface area contributed by atoms with E-state index in [0.29, 0.717) is 31.8 Å². The summed E-state index contributed by atoms with van der Waals surface area (Å²) in [6.07, 6.45) is 1.46. The van der Waals surface area contributed by atoms with E-state index in [4.69, 9.17) is 4.74 Å². The zero-order chi connectivity index (χ0) is 20.2. The number of benzene rings is 2. The smallest absolute Gasteiger partial charge is 0.261 e. The molecule has 2 aliphatic rings. The summed E-state index contributed by atoms with van der Waals surface area (Å²) in [6.45, 7) is 2.46. The maximum atomic E-state index is 13.6. The number of carbonyl (C=O) groups is 2. The molecule has 4 rings (SSSR count). The second-order valence-electron chi connectivity index (χ2n) is 7.29. The van der Waals surface area contributed by atoms with Crippen molar-refractivity contribution >= 4 is 17.5 Å². The van der Waals surface area contributed by atoms with Crippen LogP contribution in [0.5, 0.6) is 5.75 Å². The van der Waals surface area contributed by atoms with Crippen molar-refractivity contribution in [1.82, 2.24) is 10.2 Å². The number of hydrogen-bond donors (Lipinski definition) is 1. The van der Waals surface area contributed by atoms with Crippen LogP contribution in [0.15, 0.2) is 48.5 Å². The van der Waals surface area contributed by atoms with E-state index in [0.717, 1.165) is 24.2 Å². The van der Waals surface area contributed by atoms with Crippen LogP contribution < -0.4 is 15.0 Å². The van der Waals surface area contributed by atoms with Crippen LogP contribution in [0.1, 0.15) is 24.4 Å². The lowest BCUT2D eigenvalue weighted by Crippen LogP contribution is -2.50. The number of rotatable bonds is 5. The van der Waals surface area contributed by atoms with Crippen molar-refractivity contribution in [3.05, 3.63) is 59.9 Å². The maximum Gasteiger partial charge on any atom is 0.261 e. The SMILES string of the molecule is O=C1CCCN1c1ccc(OCC(=O)N2CCNCC2c2cccc(F)c2)cc1. The van der Waals surface area contributed by atoms with E-state index in [1.165, 1.54) is 12.1 Å². The molecule has 152 valence electrons. The molecule has 1 atom stereocenters. The van der Waals surface area contributed by atoms with Crippen molar-refractivity contribution in [3.63, 3.8) is 0 Å². The van der Waals surface area contributed by atoms with E-state index in [1.54, 1.807) is 28.0 Å². The molecule has 1 N–H and O–H groups in total. The first-order valence-corrected chi connectivity index (χ1v) is 9.91. The Kier molecular flexibility index (Phi) is 5.76. The van der Waals surface area contributed by atoms with Crippen LogP contribution in [0.25, 0.3) is 0 Å². The highest BCUT2D eigenvalue weighted by Crippen LogP contribution is 2.25. The van der Waals surface area contributed by atoms with Crippen molar-refractivity contribution in [2.24, 2.45) is 0 Å². The molecule has 6 nitrogen and oxygen atoms in total. The predicted molar refractivity (Wildman–Crippen MR) is 107 cm³/mol. The number of halogens is 1. The lowest BCUT2D eigenvalue weighted by molar-refractivity contribution is -0.136. The molecule has 0 saturated carbocycles. The highest BCUT2D eigenvalue weighted by molar-refractivity contribution is 5.95. The van der Waals surface area contributed by atoms with E-state index in [2.05, 4.69) is 5.32 Å². The number of nitrogens with one attached hydrogen (secondary N) is 1. The van der Waals surface area contributed by atoms with Gasteiger partial charge in [-0.1, -0.05) is 12.1 Å². The zero-order valence-corrected chi connectivity index (χ0v) is 16.1. The Hall–Kier alpha value is -2.93. The zero-order valence-electron chi connectivity index (χ0n) is 16.1. The highest BCUT2D eigenvalue weighted by atomic mass is 19.1. The molecule has 2 aromatic rings. The molecule has 0 spiro atoms. The van der Waals surface area contributed by atoms with Gasteiger partial charge in [0.05, 0.1) is 6.04 Å². The maximum absolute atomic E-state index is 13.6. The van der Waals surface area contributed by atoms with Gasteiger partial charge in [-0.25, -0.2) is 4.39 Å². The number of anilines is 1. The van der Waals surface area contributed by atoms with Crippen LogP contribution in [-0.2, 0) is 9.59 Å². The molecule has 1 unspecified atom stereocenters. The molecule has 0 aliphatic carbocycles. The molecule has 2 aromatic carbocycles. The highest BCUT2D eigenvalue weighted by Gasteiger charge is 2.28. The van der Waals surface area contributed by atoms with Crippen LogP contribution in [0, 0.1) is 5.82 Å². The van der Waals surface area contributed by atoms with Crippen LogP contribution in [0.3, 0.4) is 0 Å². The fourth-order valence-electron chi connectivity index (χ4n) is 3.89. The van der Waals surface area contributed by atoms with E-state index in [1.807, 2.05) is 18.2 Å². The number of ether oxygens (including phenoxy) is 1. The van der Waals surface area contributed by atoms with Crippen LogP contribution in [0.2, 0.25) is 0 Å². The van der Waals surface area contributed by atoms with Gasteiger partial charge in [-0.3, -0.25) is 9.59 Å². The number of nitrogens with zero attached hydrogens (tertiary/aromatic N) is 2. The lowest BCUT2D eigenvalue weighted by Gasteiger charge is -2.36. The topological polar surface area (TPSA) is 61.9 Å². The Morgan fingerprint density at radius 2 is 2.00 bits per heavy atom. The molecule has 29 heavy (non-hydrogen) atoms. The third-order valence-electron chi connectivity index (χ3n) is 5.38. The number of piperazine rings is 1. The summed E-state index contributed by atoms with van der Waals surface area (Å²) in [5, 5.41) is 3.26. The first kappa shape index (κ1) is 19.4. The van der Waals surface area contributed by atoms with Gasteiger partial charge in [-0.15, -0.1) is 0 Å². The van der Waals surface area contributed by atoms with Crippen LogP contribution in [0.4, 0.5) is 10.1 Å². The summed E-state index contributed by atoms with van der Waals surface area (Å²) in [6, 6.07) is 13.4. The molecule has 2 aliphatic heterocycles.